The fraction of sp³-hybridized carbons (Fsp3) is 0.143. The fourth-order valence-corrected chi connectivity index (χ4v) is 2.66. The molecule has 2 aromatic carbocycles. The zero-order valence-corrected chi connectivity index (χ0v) is 15.3. The number of amides is 1. The van der Waals surface area contributed by atoms with E-state index in [9.17, 15) is 9.18 Å². The maximum Gasteiger partial charge on any atom is 0.253 e. The van der Waals surface area contributed by atoms with Crippen LogP contribution in [0, 0.1) is 5.82 Å². The Hall–Kier alpha value is -2.92. The molecule has 0 spiro atoms. The predicted octanol–water partition coefficient (Wildman–Crippen LogP) is 4.46. The first-order valence-electron chi connectivity index (χ1n) is 8.58. The Morgan fingerprint density at radius 1 is 1.04 bits per heavy atom. The van der Waals surface area contributed by atoms with Crippen LogP contribution in [0.2, 0.25) is 5.02 Å². The number of carbonyl (C=O) groups excluding carboxylic acids is 1. The van der Waals surface area contributed by atoms with E-state index < -0.39 is 0 Å². The first kappa shape index (κ1) is 18.9. The molecule has 2 N–H and O–H groups in total. The number of carbonyl (C=O) groups is 1. The van der Waals surface area contributed by atoms with Crippen molar-refractivity contribution in [1.29, 1.82) is 0 Å². The van der Waals surface area contributed by atoms with Crippen LogP contribution in [0.3, 0.4) is 0 Å². The molecule has 0 atom stereocenters. The van der Waals surface area contributed by atoms with Gasteiger partial charge in [-0.15, -0.1) is 0 Å². The number of nitrogens with one attached hydrogen (secondary N) is 2. The highest BCUT2D eigenvalue weighted by Gasteiger charge is 2.08. The molecule has 0 aliphatic heterocycles. The van der Waals surface area contributed by atoms with Gasteiger partial charge in [-0.25, -0.2) is 9.37 Å². The van der Waals surface area contributed by atoms with Crippen LogP contribution in [0.15, 0.2) is 66.9 Å². The smallest absolute Gasteiger partial charge is 0.253 e. The van der Waals surface area contributed by atoms with E-state index in [-0.39, 0.29) is 18.3 Å². The highest BCUT2D eigenvalue weighted by Crippen LogP contribution is 2.11. The van der Waals surface area contributed by atoms with E-state index in [1.54, 1.807) is 30.3 Å². The van der Waals surface area contributed by atoms with Gasteiger partial charge in [0.15, 0.2) is 0 Å². The Bertz CT molecular complexity index is 898. The zero-order chi connectivity index (χ0) is 19.1. The molecule has 0 fully saturated rings. The van der Waals surface area contributed by atoms with Gasteiger partial charge in [0.2, 0.25) is 0 Å². The minimum atomic E-state index is -0.337. The normalized spacial score (nSPS) is 10.4. The molecule has 1 heterocycles. The average Bonchev–Trinajstić information content (AvgIpc) is 2.69. The molecule has 27 heavy (non-hydrogen) atoms. The summed E-state index contributed by atoms with van der Waals surface area (Å²) in [5.41, 5.74) is 2.05. The number of pyridine rings is 1. The van der Waals surface area contributed by atoms with Crippen LogP contribution in [-0.2, 0) is 13.0 Å². The van der Waals surface area contributed by atoms with Gasteiger partial charge in [0.05, 0.1) is 5.56 Å². The lowest BCUT2D eigenvalue weighted by atomic mass is 10.1. The van der Waals surface area contributed by atoms with Crippen molar-refractivity contribution in [2.24, 2.45) is 0 Å². The Kier molecular flexibility index (Phi) is 6.39. The van der Waals surface area contributed by atoms with Gasteiger partial charge in [-0.05, 0) is 42.3 Å². The van der Waals surface area contributed by atoms with E-state index in [4.69, 9.17) is 11.6 Å². The summed E-state index contributed by atoms with van der Waals surface area (Å²) in [7, 11) is 0. The van der Waals surface area contributed by atoms with Gasteiger partial charge in [0, 0.05) is 29.9 Å². The molecule has 3 aromatic rings. The Balaban J connectivity index is 1.48. The lowest BCUT2D eigenvalue weighted by Gasteiger charge is -2.08. The second-order valence-electron chi connectivity index (χ2n) is 6.01. The Morgan fingerprint density at radius 3 is 2.52 bits per heavy atom. The van der Waals surface area contributed by atoms with Crippen molar-refractivity contribution in [2.75, 3.05) is 11.9 Å². The van der Waals surface area contributed by atoms with Crippen LogP contribution < -0.4 is 10.6 Å². The van der Waals surface area contributed by atoms with Crippen LogP contribution in [0.4, 0.5) is 10.2 Å². The minimum Gasteiger partial charge on any atom is -0.370 e. The number of hydrogen-bond donors (Lipinski definition) is 2. The van der Waals surface area contributed by atoms with Crippen molar-refractivity contribution in [3.8, 4) is 0 Å². The molecule has 0 aliphatic rings. The number of hydrogen-bond acceptors (Lipinski definition) is 3. The summed E-state index contributed by atoms with van der Waals surface area (Å²) in [6, 6.07) is 17.5. The van der Waals surface area contributed by atoms with Crippen molar-refractivity contribution >= 4 is 23.3 Å². The summed E-state index contributed by atoms with van der Waals surface area (Å²) in [6.45, 7) is 0.847. The molecule has 1 amide bonds. The van der Waals surface area contributed by atoms with Crippen LogP contribution in [-0.4, -0.2) is 17.4 Å². The van der Waals surface area contributed by atoms with E-state index in [0.717, 1.165) is 11.4 Å². The molecule has 0 saturated carbocycles. The average molecular weight is 384 g/mol. The summed E-state index contributed by atoms with van der Waals surface area (Å²) < 4.78 is 13.6. The van der Waals surface area contributed by atoms with Crippen LogP contribution in [0.25, 0.3) is 0 Å². The highest BCUT2D eigenvalue weighted by atomic mass is 35.5. The number of anilines is 1. The standard InChI is InChI=1S/C21H19ClFN3O/c22-18-8-5-15(6-9-18)11-12-24-20-10-7-17(14-25-20)21(27)26-13-16-3-1-2-4-19(16)23/h1-10,14H,11-13H2,(H,24,25)(H,26,27). The number of rotatable bonds is 7. The number of aromatic nitrogens is 1. The summed E-state index contributed by atoms with van der Waals surface area (Å²) in [5.74, 6) is 0.0595. The van der Waals surface area contributed by atoms with Crippen LogP contribution >= 0.6 is 11.6 Å². The van der Waals surface area contributed by atoms with E-state index in [0.29, 0.717) is 23.5 Å². The van der Waals surface area contributed by atoms with Gasteiger partial charge in [-0.2, -0.15) is 0 Å². The number of nitrogens with zero attached hydrogens (tertiary/aromatic N) is 1. The molecule has 0 bridgehead atoms. The topological polar surface area (TPSA) is 54.0 Å². The van der Waals surface area contributed by atoms with Gasteiger partial charge in [0.25, 0.3) is 5.91 Å². The molecule has 0 unspecified atom stereocenters. The molecule has 1 aromatic heterocycles. The maximum atomic E-state index is 13.6. The molecule has 3 rings (SSSR count). The van der Waals surface area contributed by atoms with Crippen LogP contribution in [0.1, 0.15) is 21.5 Å². The Labute approximate surface area is 162 Å². The molecule has 0 saturated heterocycles. The third-order valence-electron chi connectivity index (χ3n) is 4.06. The number of benzene rings is 2. The summed E-state index contributed by atoms with van der Waals surface area (Å²) in [6.07, 6.45) is 2.34. The summed E-state index contributed by atoms with van der Waals surface area (Å²) in [4.78, 5) is 16.4. The second kappa shape index (κ2) is 9.14. The van der Waals surface area contributed by atoms with Gasteiger partial charge in [0.1, 0.15) is 11.6 Å². The van der Waals surface area contributed by atoms with Crippen molar-refractivity contribution in [3.63, 3.8) is 0 Å². The largest absolute Gasteiger partial charge is 0.370 e. The highest BCUT2D eigenvalue weighted by molar-refractivity contribution is 6.30. The van der Waals surface area contributed by atoms with Crippen molar-refractivity contribution in [1.82, 2.24) is 10.3 Å². The molecular formula is C21H19ClFN3O. The molecule has 0 aliphatic carbocycles. The molecule has 138 valence electrons. The van der Waals surface area contributed by atoms with Crippen molar-refractivity contribution in [3.05, 3.63) is 94.4 Å². The van der Waals surface area contributed by atoms with E-state index in [1.807, 2.05) is 24.3 Å². The van der Waals surface area contributed by atoms with Crippen LogP contribution in [0.5, 0.6) is 0 Å². The van der Waals surface area contributed by atoms with E-state index >= 15 is 0 Å². The quantitative estimate of drug-likeness (QED) is 0.633. The lowest BCUT2D eigenvalue weighted by molar-refractivity contribution is 0.0950. The van der Waals surface area contributed by atoms with Gasteiger partial charge in [-0.3, -0.25) is 4.79 Å². The van der Waals surface area contributed by atoms with Gasteiger partial charge < -0.3 is 10.6 Å². The van der Waals surface area contributed by atoms with E-state index in [2.05, 4.69) is 15.6 Å². The monoisotopic (exact) mass is 383 g/mol. The van der Waals surface area contributed by atoms with Crippen molar-refractivity contribution < 1.29 is 9.18 Å². The second-order valence-corrected chi connectivity index (χ2v) is 6.45. The van der Waals surface area contributed by atoms with Crippen molar-refractivity contribution in [2.45, 2.75) is 13.0 Å². The fourth-order valence-electron chi connectivity index (χ4n) is 2.54. The summed E-state index contributed by atoms with van der Waals surface area (Å²) >= 11 is 5.87. The molecule has 6 heteroatoms. The first-order chi connectivity index (χ1) is 13.1. The van der Waals surface area contributed by atoms with Gasteiger partial charge in [-0.1, -0.05) is 41.9 Å². The van der Waals surface area contributed by atoms with E-state index in [1.165, 1.54) is 17.8 Å². The maximum absolute atomic E-state index is 13.6. The third-order valence-corrected chi connectivity index (χ3v) is 4.31. The minimum absolute atomic E-state index is 0.132. The first-order valence-corrected chi connectivity index (χ1v) is 8.95. The molecule has 4 nitrogen and oxygen atoms in total. The molecular weight excluding hydrogens is 365 g/mol. The Morgan fingerprint density at radius 2 is 1.81 bits per heavy atom. The number of halogens is 2. The zero-order valence-electron chi connectivity index (χ0n) is 14.6. The lowest BCUT2D eigenvalue weighted by Crippen LogP contribution is -2.23. The van der Waals surface area contributed by atoms with Gasteiger partial charge >= 0.3 is 0 Å². The summed E-state index contributed by atoms with van der Waals surface area (Å²) in [5, 5.41) is 6.63. The SMILES string of the molecule is O=C(NCc1ccccc1F)c1ccc(NCCc2ccc(Cl)cc2)nc1. The molecule has 0 radical (unpaired) electrons. The third kappa shape index (κ3) is 5.53. The predicted molar refractivity (Wildman–Crippen MR) is 105 cm³/mol.